The van der Waals surface area contributed by atoms with Crippen molar-refractivity contribution in [2.75, 3.05) is 0 Å². The van der Waals surface area contributed by atoms with E-state index < -0.39 is 0 Å². The van der Waals surface area contributed by atoms with Gasteiger partial charge >= 0.3 is 0 Å². The molecule has 0 saturated carbocycles. The Bertz CT molecular complexity index is 394. The SMILES string of the molecule is Oc1c(Br)ccc2[nH]ccc12. The third kappa shape index (κ3) is 0.922. The predicted octanol–water partition coefficient (Wildman–Crippen LogP) is 2.64. The molecule has 0 spiro atoms. The van der Waals surface area contributed by atoms with E-state index in [1.54, 1.807) is 6.20 Å². The van der Waals surface area contributed by atoms with Crippen molar-refractivity contribution in [1.29, 1.82) is 0 Å². The Hall–Kier alpha value is -0.960. The van der Waals surface area contributed by atoms with Gasteiger partial charge in [0.05, 0.1) is 4.47 Å². The second-order valence-electron chi connectivity index (χ2n) is 2.33. The zero-order chi connectivity index (χ0) is 7.84. The topological polar surface area (TPSA) is 36.0 Å². The van der Waals surface area contributed by atoms with Gasteiger partial charge in [0.25, 0.3) is 0 Å². The van der Waals surface area contributed by atoms with Crippen molar-refractivity contribution < 1.29 is 5.11 Å². The molecular formula is C8H6BrNO. The quantitative estimate of drug-likeness (QED) is 0.691. The monoisotopic (exact) mass is 211 g/mol. The van der Waals surface area contributed by atoms with Crippen LogP contribution in [0.3, 0.4) is 0 Å². The molecule has 0 amide bonds. The van der Waals surface area contributed by atoms with E-state index in [0.29, 0.717) is 5.75 Å². The Morgan fingerprint density at radius 1 is 1.27 bits per heavy atom. The van der Waals surface area contributed by atoms with Crippen LogP contribution in [0.25, 0.3) is 10.9 Å². The summed E-state index contributed by atoms with van der Waals surface area (Å²) in [6.07, 6.45) is 1.80. The van der Waals surface area contributed by atoms with Crippen molar-refractivity contribution >= 4 is 26.8 Å². The first-order valence-corrected chi connectivity index (χ1v) is 4.03. The van der Waals surface area contributed by atoms with Gasteiger partial charge in [0, 0.05) is 17.1 Å². The third-order valence-electron chi connectivity index (χ3n) is 1.66. The second-order valence-corrected chi connectivity index (χ2v) is 3.19. The van der Waals surface area contributed by atoms with E-state index in [0.717, 1.165) is 15.4 Å². The van der Waals surface area contributed by atoms with E-state index in [9.17, 15) is 5.11 Å². The lowest BCUT2D eigenvalue weighted by Crippen LogP contribution is -1.70. The first kappa shape index (κ1) is 6.73. The minimum atomic E-state index is 0.295. The summed E-state index contributed by atoms with van der Waals surface area (Å²) in [6.45, 7) is 0. The van der Waals surface area contributed by atoms with Crippen molar-refractivity contribution in [1.82, 2.24) is 4.98 Å². The van der Waals surface area contributed by atoms with Gasteiger partial charge in [0.15, 0.2) is 0 Å². The molecule has 2 N–H and O–H groups in total. The highest BCUT2D eigenvalue weighted by Gasteiger charge is 2.02. The molecule has 1 aromatic heterocycles. The van der Waals surface area contributed by atoms with Gasteiger partial charge in [-0.05, 0) is 34.1 Å². The summed E-state index contributed by atoms with van der Waals surface area (Å²) in [5.41, 5.74) is 0.950. The van der Waals surface area contributed by atoms with Crippen molar-refractivity contribution in [2.45, 2.75) is 0 Å². The Kier molecular flexibility index (Phi) is 1.39. The highest BCUT2D eigenvalue weighted by Crippen LogP contribution is 2.31. The van der Waals surface area contributed by atoms with Gasteiger partial charge in [-0.3, -0.25) is 0 Å². The number of benzene rings is 1. The molecule has 0 unspecified atom stereocenters. The average molecular weight is 212 g/mol. The summed E-state index contributed by atoms with van der Waals surface area (Å²) in [4.78, 5) is 3.01. The highest BCUT2D eigenvalue weighted by molar-refractivity contribution is 9.10. The highest BCUT2D eigenvalue weighted by atomic mass is 79.9. The number of hydrogen-bond donors (Lipinski definition) is 2. The predicted molar refractivity (Wildman–Crippen MR) is 47.7 cm³/mol. The van der Waals surface area contributed by atoms with Gasteiger partial charge in [-0.25, -0.2) is 0 Å². The van der Waals surface area contributed by atoms with E-state index in [2.05, 4.69) is 20.9 Å². The van der Waals surface area contributed by atoms with Crippen LogP contribution in [0.5, 0.6) is 5.75 Å². The zero-order valence-electron chi connectivity index (χ0n) is 5.63. The van der Waals surface area contributed by atoms with Crippen LogP contribution in [0.2, 0.25) is 0 Å². The minimum Gasteiger partial charge on any atom is -0.506 e. The third-order valence-corrected chi connectivity index (χ3v) is 2.30. The fourth-order valence-electron chi connectivity index (χ4n) is 1.09. The number of rotatable bonds is 0. The summed E-state index contributed by atoms with van der Waals surface area (Å²) in [6, 6.07) is 5.57. The van der Waals surface area contributed by atoms with Gasteiger partial charge in [0.2, 0.25) is 0 Å². The smallest absolute Gasteiger partial charge is 0.139 e. The van der Waals surface area contributed by atoms with Crippen molar-refractivity contribution in [3.8, 4) is 5.75 Å². The fraction of sp³-hybridized carbons (Fsp3) is 0. The van der Waals surface area contributed by atoms with Gasteiger partial charge < -0.3 is 10.1 Å². The fourth-order valence-corrected chi connectivity index (χ4v) is 1.44. The molecule has 0 bridgehead atoms. The number of phenolic OH excluding ortho intramolecular Hbond substituents is 1. The standard InChI is InChI=1S/C8H6BrNO/c9-6-1-2-7-5(8(6)11)3-4-10-7/h1-4,10-11H. The summed E-state index contributed by atoms with van der Waals surface area (Å²) >= 11 is 3.24. The van der Waals surface area contributed by atoms with E-state index in [1.165, 1.54) is 0 Å². The number of H-pyrrole nitrogens is 1. The van der Waals surface area contributed by atoms with E-state index in [-0.39, 0.29) is 0 Å². The van der Waals surface area contributed by atoms with Crippen LogP contribution >= 0.6 is 15.9 Å². The molecule has 0 fully saturated rings. The number of aromatic nitrogens is 1. The largest absolute Gasteiger partial charge is 0.506 e. The van der Waals surface area contributed by atoms with Crippen LogP contribution in [0.1, 0.15) is 0 Å². The van der Waals surface area contributed by atoms with Gasteiger partial charge in [-0.2, -0.15) is 0 Å². The van der Waals surface area contributed by atoms with Crippen LogP contribution in [0.15, 0.2) is 28.9 Å². The number of nitrogens with one attached hydrogen (secondary N) is 1. The Morgan fingerprint density at radius 3 is 2.91 bits per heavy atom. The maximum Gasteiger partial charge on any atom is 0.139 e. The first-order chi connectivity index (χ1) is 5.29. The normalized spacial score (nSPS) is 10.6. The summed E-state index contributed by atoms with van der Waals surface area (Å²) < 4.78 is 0.726. The molecule has 2 rings (SSSR count). The van der Waals surface area contributed by atoms with E-state index >= 15 is 0 Å². The number of hydrogen-bond acceptors (Lipinski definition) is 1. The Morgan fingerprint density at radius 2 is 2.09 bits per heavy atom. The number of fused-ring (bicyclic) bond motifs is 1. The lowest BCUT2D eigenvalue weighted by Gasteiger charge is -1.96. The van der Waals surface area contributed by atoms with Crippen LogP contribution in [0, 0.1) is 0 Å². The number of halogens is 1. The molecule has 1 heterocycles. The molecule has 0 aliphatic heterocycles. The molecule has 0 aliphatic carbocycles. The van der Waals surface area contributed by atoms with Crippen LogP contribution in [0.4, 0.5) is 0 Å². The molecule has 0 radical (unpaired) electrons. The second kappa shape index (κ2) is 2.27. The zero-order valence-corrected chi connectivity index (χ0v) is 7.22. The molecule has 0 saturated heterocycles. The summed E-state index contributed by atoms with van der Waals surface area (Å²) in [5, 5.41) is 10.3. The van der Waals surface area contributed by atoms with Gasteiger partial charge in [0.1, 0.15) is 5.75 Å². The molecule has 0 atom stereocenters. The number of aromatic hydroxyl groups is 1. The summed E-state index contributed by atoms with van der Waals surface area (Å²) in [7, 11) is 0. The average Bonchev–Trinajstić information content (AvgIpc) is 2.45. The minimum absolute atomic E-state index is 0.295. The Balaban J connectivity index is 2.93. The molecule has 2 aromatic rings. The maximum atomic E-state index is 9.48. The molecule has 2 nitrogen and oxygen atoms in total. The summed E-state index contributed by atoms with van der Waals surface area (Å²) in [5.74, 6) is 0.295. The van der Waals surface area contributed by atoms with Gasteiger partial charge in [-0.15, -0.1) is 0 Å². The first-order valence-electron chi connectivity index (χ1n) is 3.23. The molecule has 11 heavy (non-hydrogen) atoms. The maximum absolute atomic E-state index is 9.48. The molecule has 1 aromatic carbocycles. The van der Waals surface area contributed by atoms with Crippen molar-refractivity contribution in [2.24, 2.45) is 0 Å². The van der Waals surface area contributed by atoms with Crippen LogP contribution in [-0.2, 0) is 0 Å². The lowest BCUT2D eigenvalue weighted by atomic mass is 10.2. The van der Waals surface area contributed by atoms with Crippen molar-refractivity contribution in [3.63, 3.8) is 0 Å². The number of aromatic amines is 1. The lowest BCUT2D eigenvalue weighted by molar-refractivity contribution is 0.478. The number of phenols is 1. The van der Waals surface area contributed by atoms with E-state index in [1.807, 2.05) is 18.2 Å². The van der Waals surface area contributed by atoms with E-state index in [4.69, 9.17) is 0 Å². The van der Waals surface area contributed by atoms with Crippen LogP contribution < -0.4 is 0 Å². The molecule has 56 valence electrons. The molecular weight excluding hydrogens is 206 g/mol. The van der Waals surface area contributed by atoms with Crippen molar-refractivity contribution in [3.05, 3.63) is 28.9 Å². The molecule has 3 heteroatoms. The van der Waals surface area contributed by atoms with Gasteiger partial charge in [-0.1, -0.05) is 0 Å². The molecule has 0 aliphatic rings. The van der Waals surface area contributed by atoms with Crippen LogP contribution in [-0.4, -0.2) is 10.1 Å². The Labute approximate surface area is 72.0 Å².